The molecule has 1 amide bonds. The fourth-order valence-electron chi connectivity index (χ4n) is 1.93. The highest BCUT2D eigenvalue weighted by Crippen LogP contribution is 2.26. The predicted octanol–water partition coefficient (Wildman–Crippen LogP) is 1.89. The summed E-state index contributed by atoms with van der Waals surface area (Å²) >= 11 is 1.81. The molecular weight excluding hydrogens is 222 g/mol. The number of hydrogen-bond donors (Lipinski definition) is 1. The molecule has 1 heterocycles. The van der Waals surface area contributed by atoms with Crippen LogP contribution in [0.4, 0.5) is 0 Å². The van der Waals surface area contributed by atoms with Crippen LogP contribution >= 0.6 is 11.8 Å². The molecule has 4 heteroatoms. The lowest BCUT2D eigenvalue weighted by Gasteiger charge is -2.26. The van der Waals surface area contributed by atoms with Gasteiger partial charge in [-0.2, -0.15) is 0 Å². The highest BCUT2D eigenvalue weighted by molar-refractivity contribution is 8.00. The fraction of sp³-hybridized carbons (Fsp3) is 0.917. The molecule has 1 unspecified atom stereocenters. The number of carbonyl (C=O) groups is 1. The first kappa shape index (κ1) is 13.8. The van der Waals surface area contributed by atoms with Crippen molar-refractivity contribution >= 4 is 17.7 Å². The molecule has 1 N–H and O–H groups in total. The highest BCUT2D eigenvalue weighted by atomic mass is 32.2. The molecule has 0 spiro atoms. The second kappa shape index (κ2) is 7.96. The van der Waals surface area contributed by atoms with Gasteiger partial charge in [0.25, 0.3) is 0 Å². The van der Waals surface area contributed by atoms with Gasteiger partial charge in [-0.25, -0.2) is 0 Å². The van der Waals surface area contributed by atoms with E-state index >= 15 is 0 Å². The van der Waals surface area contributed by atoms with Crippen LogP contribution in [0.2, 0.25) is 0 Å². The number of aliphatic hydroxyl groups is 1. The maximum atomic E-state index is 12.0. The van der Waals surface area contributed by atoms with Gasteiger partial charge < -0.3 is 10.0 Å². The lowest BCUT2D eigenvalue weighted by Crippen LogP contribution is -2.36. The summed E-state index contributed by atoms with van der Waals surface area (Å²) in [6.07, 6.45) is 6.35. The largest absolute Gasteiger partial charge is 0.396 e. The van der Waals surface area contributed by atoms with E-state index in [1.807, 2.05) is 23.7 Å². The molecule has 1 rings (SSSR count). The van der Waals surface area contributed by atoms with Crippen LogP contribution in [0.5, 0.6) is 0 Å². The van der Waals surface area contributed by atoms with E-state index in [0.717, 1.165) is 38.0 Å². The number of thioether (sulfide) groups is 1. The Hall–Kier alpha value is -0.220. The quantitative estimate of drug-likeness (QED) is 0.727. The third-order valence-corrected chi connectivity index (χ3v) is 4.35. The summed E-state index contributed by atoms with van der Waals surface area (Å²) in [6.45, 7) is 1.09. The molecule has 0 radical (unpaired) electrons. The summed E-state index contributed by atoms with van der Waals surface area (Å²) in [5.41, 5.74) is 0. The molecule has 94 valence electrons. The van der Waals surface area contributed by atoms with Gasteiger partial charge in [-0.15, -0.1) is 11.8 Å². The maximum Gasteiger partial charge on any atom is 0.235 e. The molecule has 1 aliphatic heterocycles. The SMILES string of the molecule is CN(CCCCCO)C(=O)C1CCCCS1. The van der Waals surface area contributed by atoms with Crippen LogP contribution in [0.3, 0.4) is 0 Å². The first-order valence-electron chi connectivity index (χ1n) is 6.23. The number of amides is 1. The Morgan fingerprint density at radius 1 is 1.38 bits per heavy atom. The Balaban J connectivity index is 2.18. The van der Waals surface area contributed by atoms with Gasteiger partial charge in [0.1, 0.15) is 0 Å². The zero-order valence-electron chi connectivity index (χ0n) is 10.2. The smallest absolute Gasteiger partial charge is 0.235 e. The lowest BCUT2D eigenvalue weighted by atomic mass is 10.1. The molecule has 0 aromatic heterocycles. The van der Waals surface area contributed by atoms with Crippen LogP contribution in [0.15, 0.2) is 0 Å². The van der Waals surface area contributed by atoms with E-state index in [1.165, 1.54) is 12.8 Å². The normalized spacial score (nSPS) is 20.8. The third kappa shape index (κ3) is 4.74. The van der Waals surface area contributed by atoms with Crippen molar-refractivity contribution in [1.82, 2.24) is 4.90 Å². The molecule has 0 saturated carbocycles. The van der Waals surface area contributed by atoms with Crippen molar-refractivity contribution in [3.05, 3.63) is 0 Å². The minimum absolute atomic E-state index is 0.205. The van der Waals surface area contributed by atoms with Gasteiger partial charge in [0.15, 0.2) is 0 Å². The fourth-order valence-corrected chi connectivity index (χ4v) is 3.24. The topological polar surface area (TPSA) is 40.5 Å². The van der Waals surface area contributed by atoms with Gasteiger partial charge in [0.05, 0.1) is 5.25 Å². The Kier molecular flexibility index (Phi) is 6.88. The molecule has 1 saturated heterocycles. The minimum Gasteiger partial charge on any atom is -0.396 e. The number of aliphatic hydroxyl groups excluding tert-OH is 1. The Morgan fingerprint density at radius 2 is 2.19 bits per heavy atom. The Bertz CT molecular complexity index is 205. The maximum absolute atomic E-state index is 12.0. The van der Waals surface area contributed by atoms with Crippen LogP contribution in [0, 0.1) is 0 Å². The molecule has 1 aliphatic rings. The number of carbonyl (C=O) groups excluding carboxylic acids is 1. The first-order chi connectivity index (χ1) is 7.75. The number of hydrogen-bond acceptors (Lipinski definition) is 3. The van der Waals surface area contributed by atoms with Crippen molar-refractivity contribution in [2.75, 3.05) is 26.0 Å². The molecule has 0 aliphatic carbocycles. The van der Waals surface area contributed by atoms with E-state index in [1.54, 1.807) is 0 Å². The molecule has 0 aromatic rings. The van der Waals surface area contributed by atoms with E-state index in [2.05, 4.69) is 0 Å². The van der Waals surface area contributed by atoms with Crippen LogP contribution < -0.4 is 0 Å². The predicted molar refractivity (Wildman–Crippen MR) is 68.7 cm³/mol. The average Bonchev–Trinajstić information content (AvgIpc) is 2.34. The summed E-state index contributed by atoms with van der Waals surface area (Å²) < 4.78 is 0. The zero-order valence-corrected chi connectivity index (χ0v) is 11.0. The van der Waals surface area contributed by atoms with Crippen molar-refractivity contribution in [3.8, 4) is 0 Å². The van der Waals surface area contributed by atoms with E-state index in [-0.39, 0.29) is 11.9 Å². The highest BCUT2D eigenvalue weighted by Gasteiger charge is 2.24. The first-order valence-corrected chi connectivity index (χ1v) is 7.28. The lowest BCUT2D eigenvalue weighted by molar-refractivity contribution is -0.129. The van der Waals surface area contributed by atoms with Gasteiger partial charge in [-0.05, 0) is 37.9 Å². The van der Waals surface area contributed by atoms with Crippen molar-refractivity contribution < 1.29 is 9.90 Å². The number of rotatable bonds is 6. The molecule has 16 heavy (non-hydrogen) atoms. The van der Waals surface area contributed by atoms with Crippen LogP contribution in [0.25, 0.3) is 0 Å². The minimum atomic E-state index is 0.205. The summed E-state index contributed by atoms with van der Waals surface area (Å²) in [7, 11) is 1.90. The average molecular weight is 245 g/mol. The van der Waals surface area contributed by atoms with E-state index in [4.69, 9.17) is 5.11 Å². The molecule has 3 nitrogen and oxygen atoms in total. The van der Waals surface area contributed by atoms with E-state index in [0.29, 0.717) is 5.91 Å². The van der Waals surface area contributed by atoms with E-state index < -0.39 is 0 Å². The standard InChI is InChI=1S/C12H23NO2S/c1-13(8-4-2-5-9-14)12(15)11-7-3-6-10-16-11/h11,14H,2-10H2,1H3. The van der Waals surface area contributed by atoms with Gasteiger partial charge >= 0.3 is 0 Å². The number of unbranched alkanes of at least 4 members (excludes halogenated alkanes) is 2. The van der Waals surface area contributed by atoms with Gasteiger partial charge in [-0.3, -0.25) is 4.79 Å². The van der Waals surface area contributed by atoms with Crippen molar-refractivity contribution in [2.45, 2.75) is 43.8 Å². The van der Waals surface area contributed by atoms with Gasteiger partial charge in [0, 0.05) is 20.2 Å². The molecular formula is C12H23NO2S. The third-order valence-electron chi connectivity index (χ3n) is 2.98. The summed E-state index contributed by atoms with van der Waals surface area (Å²) in [5, 5.41) is 8.87. The monoisotopic (exact) mass is 245 g/mol. The van der Waals surface area contributed by atoms with Crippen molar-refractivity contribution in [1.29, 1.82) is 0 Å². The molecule has 1 atom stereocenters. The zero-order chi connectivity index (χ0) is 11.8. The summed E-state index contributed by atoms with van der Waals surface area (Å²) in [5.74, 6) is 1.43. The second-order valence-electron chi connectivity index (χ2n) is 4.40. The molecule has 0 aromatic carbocycles. The summed E-state index contributed by atoms with van der Waals surface area (Å²) in [4.78, 5) is 13.9. The van der Waals surface area contributed by atoms with Crippen LogP contribution in [-0.4, -0.2) is 47.1 Å². The second-order valence-corrected chi connectivity index (χ2v) is 5.71. The van der Waals surface area contributed by atoms with E-state index in [9.17, 15) is 4.79 Å². The molecule has 1 fully saturated rings. The summed E-state index contributed by atoms with van der Waals surface area (Å²) in [6, 6.07) is 0. The van der Waals surface area contributed by atoms with Gasteiger partial charge in [0.2, 0.25) is 5.91 Å². The number of nitrogens with zero attached hydrogens (tertiary/aromatic N) is 1. The van der Waals surface area contributed by atoms with Crippen LogP contribution in [0.1, 0.15) is 38.5 Å². The Labute approximate surface area is 103 Å². The van der Waals surface area contributed by atoms with Crippen molar-refractivity contribution in [2.24, 2.45) is 0 Å². The van der Waals surface area contributed by atoms with Crippen LogP contribution in [-0.2, 0) is 4.79 Å². The Morgan fingerprint density at radius 3 is 2.81 bits per heavy atom. The molecule has 0 bridgehead atoms. The van der Waals surface area contributed by atoms with Crippen molar-refractivity contribution in [3.63, 3.8) is 0 Å². The van der Waals surface area contributed by atoms with Gasteiger partial charge in [-0.1, -0.05) is 6.42 Å².